The summed E-state index contributed by atoms with van der Waals surface area (Å²) in [7, 11) is 0. The van der Waals surface area contributed by atoms with Crippen LogP contribution in [0.5, 0.6) is 0 Å². The molecular formula is C10H21NO2. The van der Waals surface area contributed by atoms with Crippen molar-refractivity contribution in [2.24, 2.45) is 11.1 Å². The van der Waals surface area contributed by atoms with Crippen LogP contribution in [0.1, 0.15) is 41.0 Å². The standard InChI is InChI=1S/C10H21NO2/c1-6-9(2,3)7-13-8(12)10(4,5)11/h6-7,11H2,1-5H3. The fourth-order valence-electron chi connectivity index (χ4n) is 0.549. The SMILES string of the molecule is CCC(C)(C)COC(=O)C(C)(C)N. The molecule has 0 aromatic heterocycles. The van der Waals surface area contributed by atoms with Crippen LogP contribution >= 0.6 is 0 Å². The highest BCUT2D eigenvalue weighted by atomic mass is 16.5. The Morgan fingerprint density at radius 1 is 1.31 bits per heavy atom. The van der Waals surface area contributed by atoms with Crippen LogP contribution in [-0.4, -0.2) is 18.1 Å². The second-order valence-electron chi connectivity index (χ2n) is 4.82. The minimum Gasteiger partial charge on any atom is -0.464 e. The third-order valence-electron chi connectivity index (χ3n) is 2.08. The highest BCUT2D eigenvalue weighted by Crippen LogP contribution is 2.20. The summed E-state index contributed by atoms with van der Waals surface area (Å²) in [6.07, 6.45) is 0.977. The number of nitrogens with two attached hydrogens (primary N) is 1. The van der Waals surface area contributed by atoms with E-state index < -0.39 is 5.54 Å². The number of carbonyl (C=O) groups is 1. The van der Waals surface area contributed by atoms with Crippen molar-refractivity contribution in [3.05, 3.63) is 0 Å². The molecule has 0 unspecified atom stereocenters. The van der Waals surface area contributed by atoms with Gasteiger partial charge in [0.25, 0.3) is 0 Å². The molecule has 0 heterocycles. The molecule has 0 saturated carbocycles. The van der Waals surface area contributed by atoms with Crippen LogP contribution in [0.25, 0.3) is 0 Å². The number of esters is 1. The first-order valence-electron chi connectivity index (χ1n) is 4.65. The average molecular weight is 187 g/mol. The third kappa shape index (κ3) is 4.88. The number of hydrogen-bond acceptors (Lipinski definition) is 3. The van der Waals surface area contributed by atoms with Crippen molar-refractivity contribution >= 4 is 5.97 Å². The maximum Gasteiger partial charge on any atom is 0.325 e. The number of rotatable bonds is 4. The minimum absolute atomic E-state index is 0.0426. The van der Waals surface area contributed by atoms with Gasteiger partial charge in [-0.15, -0.1) is 0 Å². The lowest BCUT2D eigenvalue weighted by atomic mass is 9.91. The molecule has 2 N–H and O–H groups in total. The second kappa shape index (κ2) is 4.09. The Hall–Kier alpha value is -0.570. The Labute approximate surface area is 80.6 Å². The molecule has 0 aromatic rings. The van der Waals surface area contributed by atoms with E-state index in [1.807, 2.05) is 0 Å². The summed E-state index contributed by atoms with van der Waals surface area (Å²) >= 11 is 0. The van der Waals surface area contributed by atoms with Crippen molar-refractivity contribution < 1.29 is 9.53 Å². The van der Waals surface area contributed by atoms with E-state index >= 15 is 0 Å². The van der Waals surface area contributed by atoms with Crippen molar-refractivity contribution in [2.75, 3.05) is 6.61 Å². The lowest BCUT2D eigenvalue weighted by Crippen LogP contribution is -2.43. The fraction of sp³-hybridized carbons (Fsp3) is 0.900. The van der Waals surface area contributed by atoms with Crippen molar-refractivity contribution in [3.8, 4) is 0 Å². The highest BCUT2D eigenvalue weighted by molar-refractivity contribution is 5.79. The summed E-state index contributed by atoms with van der Waals surface area (Å²) < 4.78 is 5.10. The molecule has 13 heavy (non-hydrogen) atoms. The van der Waals surface area contributed by atoms with Gasteiger partial charge in [-0.2, -0.15) is 0 Å². The average Bonchev–Trinajstić information content (AvgIpc) is 1.98. The minimum atomic E-state index is -0.885. The summed E-state index contributed by atoms with van der Waals surface area (Å²) in [6, 6.07) is 0. The molecule has 3 heteroatoms. The lowest BCUT2D eigenvalue weighted by Gasteiger charge is -2.24. The van der Waals surface area contributed by atoms with Gasteiger partial charge in [0.15, 0.2) is 0 Å². The summed E-state index contributed by atoms with van der Waals surface area (Å²) in [5, 5.41) is 0. The van der Waals surface area contributed by atoms with E-state index in [0.29, 0.717) is 6.61 Å². The molecular weight excluding hydrogens is 166 g/mol. The number of hydrogen-bond donors (Lipinski definition) is 1. The predicted molar refractivity (Wildman–Crippen MR) is 53.3 cm³/mol. The Morgan fingerprint density at radius 2 is 1.77 bits per heavy atom. The summed E-state index contributed by atoms with van der Waals surface area (Å²) in [6.45, 7) is 9.92. The number of ether oxygens (including phenoxy) is 1. The van der Waals surface area contributed by atoms with Crippen LogP contribution in [0, 0.1) is 5.41 Å². The maximum atomic E-state index is 11.3. The topological polar surface area (TPSA) is 52.3 Å². The largest absolute Gasteiger partial charge is 0.464 e. The lowest BCUT2D eigenvalue weighted by molar-refractivity contribution is -0.151. The van der Waals surface area contributed by atoms with E-state index in [1.165, 1.54) is 0 Å². The molecule has 0 aliphatic rings. The molecule has 0 atom stereocenters. The van der Waals surface area contributed by atoms with E-state index in [0.717, 1.165) is 6.42 Å². The summed E-state index contributed by atoms with van der Waals surface area (Å²) in [4.78, 5) is 11.3. The molecule has 0 aromatic carbocycles. The zero-order valence-corrected chi connectivity index (χ0v) is 9.31. The van der Waals surface area contributed by atoms with E-state index in [9.17, 15) is 4.79 Å². The molecule has 0 spiro atoms. The van der Waals surface area contributed by atoms with Gasteiger partial charge in [-0.25, -0.2) is 0 Å². The molecule has 0 rings (SSSR count). The van der Waals surface area contributed by atoms with Crippen molar-refractivity contribution in [1.29, 1.82) is 0 Å². The molecule has 78 valence electrons. The summed E-state index contributed by atoms with van der Waals surface area (Å²) in [5.41, 5.74) is 4.73. The Morgan fingerprint density at radius 3 is 2.08 bits per heavy atom. The molecule has 3 nitrogen and oxygen atoms in total. The van der Waals surface area contributed by atoms with Gasteiger partial charge in [0.05, 0.1) is 6.61 Å². The molecule has 0 bridgehead atoms. The van der Waals surface area contributed by atoms with Crippen LogP contribution in [0.4, 0.5) is 0 Å². The van der Waals surface area contributed by atoms with Gasteiger partial charge in [0, 0.05) is 0 Å². The maximum absolute atomic E-state index is 11.3. The number of carbonyl (C=O) groups excluding carboxylic acids is 1. The molecule has 0 aliphatic carbocycles. The van der Waals surface area contributed by atoms with E-state index in [-0.39, 0.29) is 11.4 Å². The Kier molecular flexibility index (Phi) is 3.91. The van der Waals surface area contributed by atoms with E-state index in [2.05, 4.69) is 20.8 Å². The molecule has 0 radical (unpaired) electrons. The first-order valence-corrected chi connectivity index (χ1v) is 4.65. The third-order valence-corrected chi connectivity index (χ3v) is 2.08. The van der Waals surface area contributed by atoms with Crippen LogP contribution in [0.15, 0.2) is 0 Å². The normalized spacial score (nSPS) is 12.8. The highest BCUT2D eigenvalue weighted by Gasteiger charge is 2.26. The zero-order chi connectivity index (χ0) is 10.7. The van der Waals surface area contributed by atoms with Crippen molar-refractivity contribution in [1.82, 2.24) is 0 Å². The van der Waals surface area contributed by atoms with Crippen LogP contribution in [0.2, 0.25) is 0 Å². The van der Waals surface area contributed by atoms with Crippen LogP contribution in [0.3, 0.4) is 0 Å². The van der Waals surface area contributed by atoms with Gasteiger partial charge in [-0.3, -0.25) is 4.79 Å². The zero-order valence-electron chi connectivity index (χ0n) is 9.31. The van der Waals surface area contributed by atoms with Gasteiger partial charge in [0.2, 0.25) is 0 Å². The first-order chi connectivity index (χ1) is 5.69. The molecule has 0 fully saturated rings. The van der Waals surface area contributed by atoms with Crippen molar-refractivity contribution in [2.45, 2.75) is 46.6 Å². The first kappa shape index (κ1) is 12.4. The smallest absolute Gasteiger partial charge is 0.325 e. The molecule has 0 amide bonds. The summed E-state index contributed by atoms with van der Waals surface area (Å²) in [5.74, 6) is -0.339. The monoisotopic (exact) mass is 187 g/mol. The predicted octanol–water partition coefficient (Wildman–Crippen LogP) is 1.70. The molecule has 0 saturated heterocycles. The van der Waals surface area contributed by atoms with E-state index in [4.69, 9.17) is 10.5 Å². The quantitative estimate of drug-likeness (QED) is 0.681. The molecule has 0 aliphatic heterocycles. The van der Waals surface area contributed by atoms with Crippen LogP contribution in [-0.2, 0) is 9.53 Å². The van der Waals surface area contributed by atoms with Gasteiger partial charge in [-0.05, 0) is 25.7 Å². The van der Waals surface area contributed by atoms with Gasteiger partial charge >= 0.3 is 5.97 Å². The fourth-order valence-corrected chi connectivity index (χ4v) is 0.549. The Balaban J connectivity index is 3.98. The van der Waals surface area contributed by atoms with Crippen LogP contribution < -0.4 is 5.73 Å². The Bertz CT molecular complexity index is 180. The second-order valence-corrected chi connectivity index (χ2v) is 4.82. The van der Waals surface area contributed by atoms with E-state index in [1.54, 1.807) is 13.8 Å². The van der Waals surface area contributed by atoms with Gasteiger partial charge < -0.3 is 10.5 Å². The van der Waals surface area contributed by atoms with Crippen molar-refractivity contribution in [3.63, 3.8) is 0 Å². The van der Waals surface area contributed by atoms with Gasteiger partial charge in [0.1, 0.15) is 5.54 Å². The van der Waals surface area contributed by atoms with Gasteiger partial charge in [-0.1, -0.05) is 20.8 Å².